The van der Waals surface area contributed by atoms with Gasteiger partial charge in [0.05, 0.1) is 0 Å². The van der Waals surface area contributed by atoms with Crippen LogP contribution in [-0.2, 0) is 6.42 Å². The van der Waals surface area contributed by atoms with Crippen LogP contribution in [-0.4, -0.2) is 6.04 Å². The monoisotopic (exact) mass is 271 g/mol. The fourth-order valence-corrected chi connectivity index (χ4v) is 2.41. The smallest absolute Gasteiger partial charge is 0.123 e. The van der Waals surface area contributed by atoms with E-state index in [0.29, 0.717) is 12.1 Å². The van der Waals surface area contributed by atoms with E-state index in [-0.39, 0.29) is 5.82 Å². The molecule has 2 atom stereocenters. The van der Waals surface area contributed by atoms with Gasteiger partial charge in [-0.1, -0.05) is 42.0 Å². The second-order valence-corrected chi connectivity index (χ2v) is 5.53. The van der Waals surface area contributed by atoms with Gasteiger partial charge in [0.1, 0.15) is 5.82 Å². The van der Waals surface area contributed by atoms with E-state index in [2.05, 4.69) is 50.4 Å². The highest BCUT2D eigenvalue weighted by atomic mass is 19.1. The molecule has 0 heterocycles. The predicted octanol–water partition coefficient (Wildman–Crippen LogP) is 4.42. The quantitative estimate of drug-likeness (QED) is 0.849. The molecular formula is C18H22FN. The molecule has 0 saturated heterocycles. The van der Waals surface area contributed by atoms with Gasteiger partial charge in [0, 0.05) is 12.1 Å². The number of hydrogen-bond acceptors (Lipinski definition) is 1. The zero-order chi connectivity index (χ0) is 14.5. The van der Waals surface area contributed by atoms with E-state index in [0.717, 1.165) is 12.0 Å². The Hall–Kier alpha value is -1.67. The Kier molecular flexibility index (Phi) is 4.91. The van der Waals surface area contributed by atoms with Crippen molar-refractivity contribution in [3.8, 4) is 0 Å². The van der Waals surface area contributed by atoms with Crippen molar-refractivity contribution in [1.29, 1.82) is 0 Å². The Morgan fingerprint density at radius 1 is 0.950 bits per heavy atom. The summed E-state index contributed by atoms with van der Waals surface area (Å²) in [6, 6.07) is 16.0. The first-order valence-electron chi connectivity index (χ1n) is 7.11. The first-order valence-corrected chi connectivity index (χ1v) is 7.11. The number of benzene rings is 2. The van der Waals surface area contributed by atoms with Gasteiger partial charge in [-0.05, 0) is 50.5 Å². The van der Waals surface area contributed by atoms with Crippen molar-refractivity contribution in [1.82, 2.24) is 5.32 Å². The van der Waals surface area contributed by atoms with Crippen LogP contribution < -0.4 is 5.32 Å². The molecule has 0 spiro atoms. The molecule has 0 saturated carbocycles. The van der Waals surface area contributed by atoms with E-state index in [1.165, 1.54) is 23.3 Å². The lowest BCUT2D eigenvalue weighted by Crippen LogP contribution is -2.30. The predicted molar refractivity (Wildman–Crippen MR) is 82.3 cm³/mol. The average molecular weight is 271 g/mol. The summed E-state index contributed by atoms with van der Waals surface area (Å²) in [6.07, 6.45) is 0.899. The summed E-state index contributed by atoms with van der Waals surface area (Å²) in [5.74, 6) is -0.178. The topological polar surface area (TPSA) is 12.0 Å². The molecule has 1 N–H and O–H groups in total. The van der Waals surface area contributed by atoms with Crippen molar-refractivity contribution in [2.75, 3.05) is 0 Å². The van der Waals surface area contributed by atoms with Crippen molar-refractivity contribution >= 4 is 0 Å². The average Bonchev–Trinajstić information content (AvgIpc) is 2.42. The summed E-state index contributed by atoms with van der Waals surface area (Å²) in [4.78, 5) is 0. The molecule has 2 heteroatoms. The van der Waals surface area contributed by atoms with E-state index in [1.807, 2.05) is 12.1 Å². The van der Waals surface area contributed by atoms with E-state index in [1.54, 1.807) is 0 Å². The van der Waals surface area contributed by atoms with Crippen LogP contribution in [0, 0.1) is 12.7 Å². The molecule has 2 aromatic rings. The standard InChI is InChI=1S/C18H22FN/c1-13-4-8-17(9-5-13)15(3)20-14(2)12-16-6-10-18(19)11-7-16/h4-11,14-15,20H,12H2,1-3H3. The molecule has 0 aromatic heterocycles. The second kappa shape index (κ2) is 6.67. The van der Waals surface area contributed by atoms with Gasteiger partial charge >= 0.3 is 0 Å². The largest absolute Gasteiger partial charge is 0.307 e. The van der Waals surface area contributed by atoms with Gasteiger partial charge in [-0.3, -0.25) is 0 Å². The summed E-state index contributed by atoms with van der Waals surface area (Å²) < 4.78 is 12.9. The minimum Gasteiger partial charge on any atom is -0.307 e. The first kappa shape index (κ1) is 14.7. The Bertz CT molecular complexity index is 530. The highest BCUT2D eigenvalue weighted by molar-refractivity contribution is 5.24. The van der Waals surface area contributed by atoms with Crippen LogP contribution in [0.5, 0.6) is 0 Å². The summed E-state index contributed by atoms with van der Waals surface area (Å²) in [7, 11) is 0. The van der Waals surface area contributed by atoms with Crippen LogP contribution in [0.2, 0.25) is 0 Å². The molecule has 0 aliphatic carbocycles. The third kappa shape index (κ3) is 4.17. The van der Waals surface area contributed by atoms with Gasteiger partial charge in [0.15, 0.2) is 0 Å². The van der Waals surface area contributed by atoms with Gasteiger partial charge in [-0.15, -0.1) is 0 Å². The van der Waals surface area contributed by atoms with Crippen LogP contribution in [0.25, 0.3) is 0 Å². The highest BCUT2D eigenvalue weighted by Crippen LogP contribution is 2.15. The van der Waals surface area contributed by atoms with Crippen molar-refractivity contribution < 1.29 is 4.39 Å². The molecule has 2 rings (SSSR count). The van der Waals surface area contributed by atoms with Gasteiger partial charge in [-0.25, -0.2) is 4.39 Å². The number of hydrogen-bond donors (Lipinski definition) is 1. The second-order valence-electron chi connectivity index (χ2n) is 5.53. The van der Waals surface area contributed by atoms with Crippen molar-refractivity contribution in [3.05, 3.63) is 71.0 Å². The number of nitrogens with one attached hydrogen (secondary N) is 1. The zero-order valence-corrected chi connectivity index (χ0v) is 12.4. The van der Waals surface area contributed by atoms with Crippen LogP contribution >= 0.6 is 0 Å². The fraction of sp³-hybridized carbons (Fsp3) is 0.333. The molecule has 0 bridgehead atoms. The van der Waals surface area contributed by atoms with Crippen molar-refractivity contribution in [2.24, 2.45) is 0 Å². The van der Waals surface area contributed by atoms with Crippen molar-refractivity contribution in [3.63, 3.8) is 0 Å². The molecular weight excluding hydrogens is 249 g/mol. The molecule has 1 nitrogen and oxygen atoms in total. The Morgan fingerprint density at radius 2 is 1.55 bits per heavy atom. The Morgan fingerprint density at radius 3 is 2.15 bits per heavy atom. The molecule has 0 fully saturated rings. The van der Waals surface area contributed by atoms with E-state index in [4.69, 9.17) is 0 Å². The molecule has 106 valence electrons. The molecule has 0 amide bonds. The van der Waals surface area contributed by atoms with Crippen molar-refractivity contribution in [2.45, 2.75) is 39.3 Å². The number of aryl methyl sites for hydroxylation is 1. The molecule has 0 aliphatic heterocycles. The summed E-state index contributed by atoms with van der Waals surface area (Å²) in [5.41, 5.74) is 3.73. The minimum atomic E-state index is -0.178. The maximum Gasteiger partial charge on any atom is 0.123 e. The van der Waals surface area contributed by atoms with Gasteiger partial charge < -0.3 is 5.32 Å². The molecule has 0 aliphatic rings. The number of rotatable bonds is 5. The van der Waals surface area contributed by atoms with E-state index in [9.17, 15) is 4.39 Å². The molecule has 2 aromatic carbocycles. The van der Waals surface area contributed by atoms with Crippen LogP contribution in [0.1, 0.15) is 36.6 Å². The zero-order valence-electron chi connectivity index (χ0n) is 12.4. The van der Waals surface area contributed by atoms with Gasteiger partial charge in [-0.2, -0.15) is 0 Å². The maximum absolute atomic E-state index is 12.9. The summed E-state index contributed by atoms with van der Waals surface area (Å²) >= 11 is 0. The molecule has 2 unspecified atom stereocenters. The number of halogens is 1. The van der Waals surface area contributed by atoms with Gasteiger partial charge in [0.25, 0.3) is 0 Å². The summed E-state index contributed by atoms with van der Waals surface area (Å²) in [6.45, 7) is 6.43. The van der Waals surface area contributed by atoms with Crippen LogP contribution in [0.15, 0.2) is 48.5 Å². The first-order chi connectivity index (χ1) is 9.54. The van der Waals surface area contributed by atoms with E-state index >= 15 is 0 Å². The molecule has 0 radical (unpaired) electrons. The van der Waals surface area contributed by atoms with Crippen LogP contribution in [0.3, 0.4) is 0 Å². The highest BCUT2D eigenvalue weighted by Gasteiger charge is 2.10. The lowest BCUT2D eigenvalue weighted by molar-refractivity contribution is 0.477. The molecule has 20 heavy (non-hydrogen) atoms. The Labute approximate surface area is 120 Å². The lowest BCUT2D eigenvalue weighted by atomic mass is 10.0. The minimum absolute atomic E-state index is 0.178. The van der Waals surface area contributed by atoms with E-state index < -0.39 is 0 Å². The van der Waals surface area contributed by atoms with Crippen LogP contribution in [0.4, 0.5) is 4.39 Å². The Balaban J connectivity index is 1.92. The maximum atomic E-state index is 12.9. The lowest BCUT2D eigenvalue weighted by Gasteiger charge is -2.20. The summed E-state index contributed by atoms with van der Waals surface area (Å²) in [5, 5.41) is 3.58. The van der Waals surface area contributed by atoms with Gasteiger partial charge in [0.2, 0.25) is 0 Å². The third-order valence-electron chi connectivity index (χ3n) is 3.57. The SMILES string of the molecule is Cc1ccc(C(C)NC(C)Cc2ccc(F)cc2)cc1. The fourth-order valence-electron chi connectivity index (χ4n) is 2.41. The normalized spacial score (nSPS) is 14.0. The third-order valence-corrected chi connectivity index (χ3v) is 3.57.